The molecular formula is C17H21F3N4O. The van der Waals surface area contributed by atoms with Crippen LogP contribution in [-0.4, -0.2) is 32.9 Å². The molecule has 1 aromatic heterocycles. The maximum atomic E-state index is 13.0. The normalized spacial score (nSPS) is 24.0. The molecule has 8 heteroatoms. The smallest absolute Gasteiger partial charge is 0.393 e. The Bertz CT molecular complexity index is 716. The van der Waals surface area contributed by atoms with Crippen LogP contribution in [0.1, 0.15) is 41.5 Å². The fraction of sp³-hybridized carbons (Fsp3) is 0.529. The van der Waals surface area contributed by atoms with Crippen molar-refractivity contribution in [1.29, 1.82) is 0 Å². The Balaban J connectivity index is 1.56. The molecule has 0 radical (unpaired) electrons. The summed E-state index contributed by atoms with van der Waals surface area (Å²) in [4.78, 5) is 4.30. The molecule has 1 aromatic carbocycles. The highest BCUT2D eigenvalue weighted by atomic mass is 19.4. The van der Waals surface area contributed by atoms with Gasteiger partial charge in [-0.3, -0.25) is 5.10 Å². The van der Waals surface area contributed by atoms with E-state index in [1.54, 1.807) is 6.07 Å². The lowest BCUT2D eigenvalue weighted by atomic mass is 10.0. The molecule has 0 spiro atoms. The Kier molecular flexibility index (Phi) is 5.10. The van der Waals surface area contributed by atoms with Crippen LogP contribution in [0.2, 0.25) is 0 Å². The van der Waals surface area contributed by atoms with Gasteiger partial charge in [0.05, 0.1) is 11.7 Å². The molecule has 5 nitrogen and oxygen atoms in total. The van der Waals surface area contributed by atoms with Gasteiger partial charge in [-0.25, -0.2) is 4.98 Å². The van der Waals surface area contributed by atoms with Crippen LogP contribution in [0.15, 0.2) is 24.3 Å². The molecule has 3 atom stereocenters. The zero-order valence-corrected chi connectivity index (χ0v) is 13.8. The Hall–Kier alpha value is -1.93. The van der Waals surface area contributed by atoms with Crippen molar-refractivity contribution in [3.05, 3.63) is 47.0 Å². The van der Waals surface area contributed by atoms with Gasteiger partial charge in [-0.2, -0.15) is 18.3 Å². The zero-order chi connectivity index (χ0) is 18.0. The van der Waals surface area contributed by atoms with Crippen molar-refractivity contribution < 1.29 is 18.3 Å². The molecule has 0 unspecified atom stereocenters. The summed E-state index contributed by atoms with van der Waals surface area (Å²) in [6.07, 6.45) is -3.58. The summed E-state index contributed by atoms with van der Waals surface area (Å²) >= 11 is 0. The van der Waals surface area contributed by atoms with Crippen molar-refractivity contribution in [1.82, 2.24) is 20.5 Å². The molecule has 0 saturated heterocycles. The highest BCUT2D eigenvalue weighted by molar-refractivity contribution is 5.29. The topological polar surface area (TPSA) is 73.8 Å². The molecule has 0 amide bonds. The third kappa shape index (κ3) is 4.19. The monoisotopic (exact) mass is 354 g/mol. The minimum atomic E-state index is -4.36. The number of aliphatic hydroxyl groups is 1. The number of aryl methyl sites for hydroxylation is 1. The van der Waals surface area contributed by atoms with Crippen molar-refractivity contribution in [2.75, 3.05) is 6.54 Å². The second kappa shape index (κ2) is 7.13. The summed E-state index contributed by atoms with van der Waals surface area (Å²) in [6, 6.07) is 5.54. The third-order valence-electron chi connectivity index (χ3n) is 4.68. The number of hydrogen-bond acceptors (Lipinski definition) is 4. The van der Waals surface area contributed by atoms with Crippen LogP contribution in [0.25, 0.3) is 0 Å². The lowest BCUT2D eigenvalue weighted by Crippen LogP contribution is -2.28. The van der Waals surface area contributed by atoms with E-state index in [9.17, 15) is 18.3 Å². The molecule has 1 aliphatic carbocycles. The Morgan fingerprint density at radius 3 is 2.72 bits per heavy atom. The Morgan fingerprint density at radius 2 is 2.04 bits per heavy atom. The van der Waals surface area contributed by atoms with E-state index in [0.29, 0.717) is 25.2 Å². The number of nitrogens with one attached hydrogen (secondary N) is 2. The zero-order valence-electron chi connectivity index (χ0n) is 13.8. The molecule has 1 heterocycles. The van der Waals surface area contributed by atoms with Crippen molar-refractivity contribution in [2.45, 2.75) is 44.5 Å². The number of nitrogens with zero attached hydrogens (tertiary/aromatic N) is 2. The van der Waals surface area contributed by atoms with Crippen LogP contribution in [0.5, 0.6) is 0 Å². The maximum Gasteiger partial charge on any atom is 0.416 e. The number of H-pyrrole nitrogens is 1. The first-order chi connectivity index (χ1) is 11.8. The number of aliphatic hydroxyl groups excluding tert-OH is 1. The van der Waals surface area contributed by atoms with Crippen LogP contribution in [0.3, 0.4) is 0 Å². The van der Waals surface area contributed by atoms with Crippen molar-refractivity contribution in [3.63, 3.8) is 0 Å². The first-order valence-electron chi connectivity index (χ1n) is 8.27. The summed E-state index contributed by atoms with van der Waals surface area (Å²) in [5.41, 5.74) is -0.410. The highest BCUT2D eigenvalue weighted by Crippen LogP contribution is 2.37. The number of hydrogen-bond donors (Lipinski definition) is 3. The van der Waals surface area contributed by atoms with Gasteiger partial charge in [0.25, 0.3) is 0 Å². The number of aromatic nitrogens is 3. The fourth-order valence-corrected chi connectivity index (χ4v) is 3.42. The van der Waals surface area contributed by atoms with Gasteiger partial charge in [-0.1, -0.05) is 18.2 Å². The average molecular weight is 354 g/mol. The molecule has 25 heavy (non-hydrogen) atoms. The number of alkyl halides is 3. The summed E-state index contributed by atoms with van der Waals surface area (Å²) in [7, 11) is 0. The lowest BCUT2D eigenvalue weighted by Gasteiger charge is -2.17. The quantitative estimate of drug-likeness (QED) is 0.772. The number of aromatic amines is 1. The minimum Gasteiger partial charge on any atom is -0.393 e. The van der Waals surface area contributed by atoms with Gasteiger partial charge < -0.3 is 10.4 Å². The van der Waals surface area contributed by atoms with E-state index in [1.165, 1.54) is 12.1 Å². The van der Waals surface area contributed by atoms with E-state index in [2.05, 4.69) is 20.5 Å². The average Bonchev–Trinajstić information content (AvgIpc) is 3.13. The maximum absolute atomic E-state index is 13.0. The van der Waals surface area contributed by atoms with Crippen LogP contribution < -0.4 is 5.32 Å². The van der Waals surface area contributed by atoms with Crippen LogP contribution >= 0.6 is 0 Å². The number of rotatable bonds is 5. The highest BCUT2D eigenvalue weighted by Gasteiger charge is 2.36. The van der Waals surface area contributed by atoms with Crippen LogP contribution in [-0.2, 0) is 12.7 Å². The second-order valence-electron chi connectivity index (χ2n) is 6.56. The summed E-state index contributed by atoms with van der Waals surface area (Å²) < 4.78 is 39.0. The molecule has 0 aliphatic heterocycles. The molecular weight excluding hydrogens is 333 g/mol. The van der Waals surface area contributed by atoms with Gasteiger partial charge in [-0.05, 0) is 37.3 Å². The molecule has 1 aliphatic rings. The van der Waals surface area contributed by atoms with Crippen molar-refractivity contribution in [2.24, 2.45) is 5.92 Å². The van der Waals surface area contributed by atoms with Gasteiger partial charge >= 0.3 is 6.18 Å². The van der Waals surface area contributed by atoms with E-state index in [0.717, 1.165) is 11.9 Å². The molecule has 3 N–H and O–H groups in total. The van der Waals surface area contributed by atoms with E-state index >= 15 is 0 Å². The van der Waals surface area contributed by atoms with Crippen LogP contribution in [0, 0.1) is 12.8 Å². The molecule has 1 saturated carbocycles. The number of halogens is 3. The molecule has 2 aromatic rings. The fourth-order valence-electron chi connectivity index (χ4n) is 3.42. The predicted octanol–water partition coefficient (Wildman–Crippen LogP) is 2.78. The van der Waals surface area contributed by atoms with E-state index in [4.69, 9.17) is 0 Å². The standard InChI is InChI=1S/C17H21F3N4O/c1-10-22-16(24-23-10)12-6-13(15(25)7-12)9-21-8-11-4-2-3-5-14(11)17(18,19)20/h2-5,12-13,15,21,25H,6-9H2,1H3,(H,22,23,24)/t12-,13+,15+/m0/s1. The van der Waals surface area contributed by atoms with Crippen molar-refractivity contribution >= 4 is 0 Å². The summed E-state index contributed by atoms with van der Waals surface area (Å²) in [6.45, 7) is 2.38. The molecule has 0 bridgehead atoms. The summed E-state index contributed by atoms with van der Waals surface area (Å²) in [5, 5.41) is 20.2. The first kappa shape index (κ1) is 17.9. The van der Waals surface area contributed by atoms with E-state index < -0.39 is 17.8 Å². The SMILES string of the molecule is Cc1nc([C@H]2C[C@H](CNCc3ccccc3C(F)(F)F)[C@H](O)C2)n[nH]1. The molecule has 1 fully saturated rings. The van der Waals surface area contributed by atoms with Crippen LogP contribution in [0.4, 0.5) is 13.2 Å². The molecule has 3 rings (SSSR count). The first-order valence-corrected chi connectivity index (χ1v) is 8.27. The predicted molar refractivity (Wildman–Crippen MR) is 85.7 cm³/mol. The van der Waals surface area contributed by atoms with Crippen molar-refractivity contribution in [3.8, 4) is 0 Å². The van der Waals surface area contributed by atoms with Gasteiger partial charge in [0.15, 0.2) is 5.82 Å². The second-order valence-corrected chi connectivity index (χ2v) is 6.56. The van der Waals surface area contributed by atoms with Gasteiger partial charge in [0, 0.05) is 19.0 Å². The van der Waals surface area contributed by atoms with E-state index in [-0.39, 0.29) is 23.9 Å². The summed E-state index contributed by atoms with van der Waals surface area (Å²) in [5.74, 6) is 1.48. The minimum absolute atomic E-state index is 0.0261. The number of benzene rings is 1. The Labute approximate surface area is 143 Å². The van der Waals surface area contributed by atoms with Gasteiger partial charge in [0.2, 0.25) is 0 Å². The van der Waals surface area contributed by atoms with E-state index in [1.807, 2.05) is 6.92 Å². The van der Waals surface area contributed by atoms with Gasteiger partial charge in [0.1, 0.15) is 5.82 Å². The molecule has 136 valence electrons. The lowest BCUT2D eigenvalue weighted by molar-refractivity contribution is -0.138. The Morgan fingerprint density at radius 1 is 1.28 bits per heavy atom. The largest absolute Gasteiger partial charge is 0.416 e. The van der Waals surface area contributed by atoms with Gasteiger partial charge in [-0.15, -0.1) is 0 Å². The third-order valence-corrected chi connectivity index (χ3v) is 4.68.